The molecule has 5 heterocycles. The van der Waals surface area contributed by atoms with E-state index in [1.165, 1.54) is 30.5 Å². The third-order valence-corrected chi connectivity index (χ3v) is 14.6. The quantitative estimate of drug-likeness (QED) is 0.0279. The zero-order valence-electron chi connectivity index (χ0n) is 42.0. The van der Waals surface area contributed by atoms with Crippen molar-refractivity contribution in [1.29, 1.82) is 0 Å². The maximum atomic E-state index is 17.2. The van der Waals surface area contributed by atoms with Gasteiger partial charge in [-0.25, -0.2) is 9.59 Å². The molecule has 0 unspecified atom stereocenters. The largest absolute Gasteiger partial charge is 0.737 e. The first-order valence-corrected chi connectivity index (χ1v) is 24.6. The van der Waals surface area contributed by atoms with E-state index in [1.54, 1.807) is 58.0 Å². The van der Waals surface area contributed by atoms with Gasteiger partial charge in [-0.1, -0.05) is 24.3 Å². The number of pyridine rings is 1. The predicted molar refractivity (Wildman–Crippen MR) is 276 cm³/mol. The van der Waals surface area contributed by atoms with Gasteiger partial charge in [0.05, 0.1) is 36.5 Å². The Hall–Kier alpha value is -7.82. The monoisotopic (exact) mass is 1010 g/mol. The van der Waals surface area contributed by atoms with E-state index >= 15 is 8.63 Å². The Labute approximate surface area is 421 Å². The van der Waals surface area contributed by atoms with Crippen LogP contribution >= 0.6 is 0 Å². The molecular formula is C57H51BF5N3O8. The highest BCUT2D eigenvalue weighted by Crippen LogP contribution is 2.49. The van der Waals surface area contributed by atoms with Gasteiger partial charge >= 0.3 is 25.1 Å². The maximum absolute atomic E-state index is 17.2. The van der Waals surface area contributed by atoms with Crippen LogP contribution in [0.4, 0.5) is 21.8 Å². The minimum atomic E-state index is -4.62. The Balaban J connectivity index is 0.898. The summed E-state index contributed by atoms with van der Waals surface area (Å²) in [6, 6.07) is 20.9. The van der Waals surface area contributed by atoms with Gasteiger partial charge in [0, 0.05) is 51.7 Å². The van der Waals surface area contributed by atoms with Gasteiger partial charge in [-0.15, -0.1) is 0 Å². The van der Waals surface area contributed by atoms with Crippen LogP contribution < -0.4 is 15.9 Å². The number of aromatic nitrogens is 2. The molecule has 0 spiro atoms. The summed E-state index contributed by atoms with van der Waals surface area (Å²) in [5.41, 5.74) is 4.34. The van der Waals surface area contributed by atoms with Crippen molar-refractivity contribution in [2.45, 2.75) is 87.4 Å². The van der Waals surface area contributed by atoms with Crippen LogP contribution in [0.25, 0.3) is 60.2 Å². The first kappa shape index (κ1) is 49.7. The lowest BCUT2D eigenvalue weighted by Gasteiger charge is -2.34. The van der Waals surface area contributed by atoms with Crippen LogP contribution in [0.1, 0.15) is 96.5 Å². The molecule has 0 saturated heterocycles. The van der Waals surface area contributed by atoms with E-state index in [0.29, 0.717) is 114 Å². The third kappa shape index (κ3) is 7.72. The van der Waals surface area contributed by atoms with Crippen molar-refractivity contribution < 1.29 is 54.5 Å². The minimum absolute atomic E-state index is 0.0446. The summed E-state index contributed by atoms with van der Waals surface area (Å²) in [7, 11) is 0. The van der Waals surface area contributed by atoms with Crippen molar-refractivity contribution >= 4 is 73.7 Å². The van der Waals surface area contributed by atoms with Crippen LogP contribution in [0.15, 0.2) is 110 Å². The molecule has 2 aliphatic rings. The highest BCUT2D eigenvalue weighted by atomic mass is 19.4. The van der Waals surface area contributed by atoms with Gasteiger partial charge < -0.3 is 36.2 Å². The SMILES string of the molecule is CCOC(=O)C1=C(C)C2=C(c3c(C)cc(OCCCCCn4c(=O)c5ccc6oc7ccc(-c8ccc(C(F)(F)F)cc8)cc7c7ccc(c4=O)c5c67)cc3C)c3c(C)c(C(=O)OCC)c(C)n3[B-](F)(F)[N+]2=C1C. The summed E-state index contributed by atoms with van der Waals surface area (Å²) in [5.74, 6) is -0.872. The van der Waals surface area contributed by atoms with Crippen molar-refractivity contribution in [1.82, 2.24) is 9.05 Å². The van der Waals surface area contributed by atoms with Gasteiger partial charge in [0.2, 0.25) is 0 Å². The Morgan fingerprint density at radius 1 is 0.703 bits per heavy atom. The van der Waals surface area contributed by atoms with Crippen LogP contribution in [-0.2, 0) is 27.0 Å². The van der Waals surface area contributed by atoms with Gasteiger partial charge in [0.25, 0.3) is 11.1 Å². The molecule has 0 N–H and O–H groups in total. The van der Waals surface area contributed by atoms with Crippen LogP contribution in [-0.4, -0.2) is 58.0 Å². The highest BCUT2D eigenvalue weighted by Gasteiger charge is 2.58. The molecule has 3 aromatic heterocycles. The summed E-state index contributed by atoms with van der Waals surface area (Å²) in [4.78, 5) is 54.8. The molecule has 0 fully saturated rings. The number of rotatable bonds is 13. The number of halogens is 5. The topological polar surface area (TPSA) is 122 Å². The molecule has 8 aromatic rings. The molecule has 0 radical (unpaired) electrons. The number of fused-ring (bicyclic) bond motifs is 4. The molecule has 0 bridgehead atoms. The Morgan fingerprint density at radius 2 is 1.31 bits per heavy atom. The fourth-order valence-electron chi connectivity index (χ4n) is 11.4. The molecule has 5 aromatic carbocycles. The number of unbranched alkanes of at least 4 members (excludes halogenated alkanes) is 2. The predicted octanol–water partition coefficient (Wildman–Crippen LogP) is 12.4. The van der Waals surface area contributed by atoms with Gasteiger partial charge in [0.15, 0.2) is 5.70 Å². The molecule has 2 aliphatic heterocycles. The standard InChI is InChI=1S/C57H51BF5N3O8/c1-9-71-55(69)46-31(5)51-50(52-32(6)47(56(70)72-10-2)34(8)66(52)58(62,63)65(51)33(46)7)45-29(3)26-38(27-30(45)4)73-25-13-11-12-24-64-53(67)40-20-19-39-42-28-36(35-14-17-37(18-15-35)57(59,60)61)16-22-43(42)74-44-23-21-41(54(64)68)48(40)49(39)44/h14-23,26-28H,9-13,24-25H2,1-8H3. The molecule has 0 saturated carbocycles. The molecule has 17 heteroatoms. The average molecular weight is 1010 g/mol. The lowest BCUT2D eigenvalue weighted by atomic mass is 9.81. The smallest absolute Gasteiger partial charge is 0.494 e. The number of esters is 2. The molecule has 11 nitrogen and oxygen atoms in total. The average Bonchev–Trinajstić information content (AvgIpc) is 3.79. The zero-order chi connectivity index (χ0) is 52.9. The van der Waals surface area contributed by atoms with Crippen molar-refractivity contribution in [2.24, 2.45) is 0 Å². The summed E-state index contributed by atoms with van der Waals surface area (Å²) in [6.45, 7) is 9.22. The molecule has 74 heavy (non-hydrogen) atoms. The summed E-state index contributed by atoms with van der Waals surface area (Å²) < 4.78 is 101. The number of alkyl halides is 3. The maximum Gasteiger partial charge on any atom is 0.737 e. The van der Waals surface area contributed by atoms with Gasteiger partial charge in [-0.2, -0.15) is 13.2 Å². The second-order valence-corrected chi connectivity index (χ2v) is 19.0. The Morgan fingerprint density at radius 3 is 1.96 bits per heavy atom. The lowest BCUT2D eigenvalue weighted by Crippen LogP contribution is -2.52. The third-order valence-electron chi connectivity index (χ3n) is 14.6. The normalized spacial score (nSPS) is 14.6. The van der Waals surface area contributed by atoms with Gasteiger partial charge in [-0.3, -0.25) is 14.2 Å². The van der Waals surface area contributed by atoms with Crippen molar-refractivity contribution in [3.05, 3.63) is 161 Å². The first-order chi connectivity index (χ1) is 35.2. The van der Waals surface area contributed by atoms with Crippen LogP contribution in [0, 0.1) is 27.7 Å². The number of hydrogen-bond acceptors (Lipinski definition) is 8. The van der Waals surface area contributed by atoms with E-state index in [4.69, 9.17) is 18.6 Å². The van der Waals surface area contributed by atoms with Gasteiger partial charge in [-0.05, 0) is 167 Å². The van der Waals surface area contributed by atoms with E-state index < -0.39 is 41.8 Å². The number of ether oxygens (including phenoxy) is 3. The van der Waals surface area contributed by atoms with E-state index in [0.717, 1.165) is 26.5 Å². The number of nitrogens with zero attached hydrogens (tertiary/aromatic N) is 3. The second kappa shape index (κ2) is 18.3. The molecule has 380 valence electrons. The van der Waals surface area contributed by atoms with Crippen LogP contribution in [0.5, 0.6) is 5.75 Å². The van der Waals surface area contributed by atoms with Crippen LogP contribution in [0.3, 0.4) is 0 Å². The number of benzene rings is 5. The molecule has 10 rings (SSSR count). The van der Waals surface area contributed by atoms with Crippen molar-refractivity contribution in [3.8, 4) is 16.9 Å². The lowest BCUT2D eigenvalue weighted by molar-refractivity contribution is -0.363. The molecular weight excluding hydrogens is 960 g/mol. The summed E-state index contributed by atoms with van der Waals surface area (Å²) >= 11 is 0. The number of carbonyl (C=O) groups is 2. The number of carbonyl (C=O) groups excluding carboxylic acids is 2. The van der Waals surface area contributed by atoms with Crippen LogP contribution in [0.2, 0.25) is 0 Å². The first-order valence-electron chi connectivity index (χ1n) is 24.6. The fourth-order valence-corrected chi connectivity index (χ4v) is 11.4. The minimum Gasteiger partial charge on any atom is -0.494 e. The van der Waals surface area contributed by atoms with E-state index in [2.05, 4.69) is 0 Å². The molecule has 0 aliphatic carbocycles. The van der Waals surface area contributed by atoms with E-state index in [9.17, 15) is 32.3 Å². The van der Waals surface area contributed by atoms with E-state index in [-0.39, 0.29) is 53.7 Å². The van der Waals surface area contributed by atoms with Crippen molar-refractivity contribution in [3.63, 3.8) is 0 Å². The summed E-state index contributed by atoms with van der Waals surface area (Å²) in [5, 5.41) is 3.24. The van der Waals surface area contributed by atoms with Gasteiger partial charge in [0.1, 0.15) is 28.2 Å². The molecule has 0 amide bonds. The zero-order valence-corrected chi connectivity index (χ0v) is 42.0. The van der Waals surface area contributed by atoms with Crippen molar-refractivity contribution in [2.75, 3.05) is 19.8 Å². The number of hydrogen-bond donors (Lipinski definition) is 0. The second-order valence-electron chi connectivity index (χ2n) is 19.0. The highest BCUT2D eigenvalue weighted by molar-refractivity contribution is 6.59. The Kier molecular flexibility index (Phi) is 12.3. The fraction of sp³-hybridized carbons (Fsp3) is 0.281. The number of allylic oxidation sites excluding steroid dienone is 1. The Bertz CT molecular complexity index is 3880. The van der Waals surface area contributed by atoms with E-state index in [1.807, 2.05) is 38.1 Å². The summed E-state index contributed by atoms with van der Waals surface area (Å²) in [6.07, 6.45) is -2.76. The number of aryl methyl sites for hydroxylation is 2. The molecule has 0 atom stereocenters.